The first-order valence-corrected chi connectivity index (χ1v) is 7.15. The standard InChI is InChI=1S/C17H19ClFNO/c1-10-8-17(21-3)11(2)7-12(10)16(20)9-13-14(18)5-4-6-15(13)19/h4-8,16H,9,20H2,1-3H3. The quantitative estimate of drug-likeness (QED) is 0.911. The van der Waals surface area contributed by atoms with Crippen LogP contribution in [0.5, 0.6) is 5.75 Å². The number of benzene rings is 2. The van der Waals surface area contributed by atoms with Crippen molar-refractivity contribution in [2.45, 2.75) is 26.3 Å². The molecule has 4 heteroatoms. The maximum absolute atomic E-state index is 13.9. The summed E-state index contributed by atoms with van der Waals surface area (Å²) in [5, 5.41) is 0.410. The molecule has 0 saturated heterocycles. The number of ether oxygens (including phenoxy) is 1. The average molecular weight is 308 g/mol. The Labute approximate surface area is 129 Å². The van der Waals surface area contributed by atoms with E-state index in [0.29, 0.717) is 17.0 Å². The summed E-state index contributed by atoms with van der Waals surface area (Å²) >= 11 is 6.06. The maximum Gasteiger partial charge on any atom is 0.127 e. The molecule has 0 aliphatic carbocycles. The van der Waals surface area contributed by atoms with E-state index in [0.717, 1.165) is 22.4 Å². The molecule has 0 saturated carbocycles. The van der Waals surface area contributed by atoms with Crippen molar-refractivity contribution in [3.05, 3.63) is 63.4 Å². The first kappa shape index (κ1) is 15.8. The van der Waals surface area contributed by atoms with Crippen molar-refractivity contribution in [2.24, 2.45) is 5.73 Å². The molecule has 21 heavy (non-hydrogen) atoms. The van der Waals surface area contributed by atoms with Crippen LogP contribution in [0, 0.1) is 19.7 Å². The van der Waals surface area contributed by atoms with Gasteiger partial charge in [-0.3, -0.25) is 0 Å². The topological polar surface area (TPSA) is 35.2 Å². The van der Waals surface area contributed by atoms with Crippen molar-refractivity contribution >= 4 is 11.6 Å². The molecule has 2 aromatic carbocycles. The number of hydrogen-bond donors (Lipinski definition) is 1. The Hall–Kier alpha value is -1.58. The zero-order valence-corrected chi connectivity index (χ0v) is 13.2. The third-order valence-electron chi connectivity index (χ3n) is 3.67. The third kappa shape index (κ3) is 3.36. The molecule has 0 aliphatic heterocycles. The number of nitrogens with two attached hydrogens (primary N) is 1. The summed E-state index contributed by atoms with van der Waals surface area (Å²) in [5.74, 6) is 0.508. The van der Waals surface area contributed by atoms with Crippen molar-refractivity contribution in [2.75, 3.05) is 7.11 Å². The van der Waals surface area contributed by atoms with Gasteiger partial charge in [-0.2, -0.15) is 0 Å². The molecular formula is C17H19ClFNO. The highest BCUT2D eigenvalue weighted by Gasteiger charge is 2.16. The summed E-state index contributed by atoms with van der Waals surface area (Å²) in [6.45, 7) is 3.94. The third-order valence-corrected chi connectivity index (χ3v) is 4.02. The van der Waals surface area contributed by atoms with Crippen LogP contribution >= 0.6 is 11.6 Å². The molecule has 112 valence electrons. The molecule has 0 aromatic heterocycles. The van der Waals surface area contributed by atoms with Gasteiger partial charge in [-0.1, -0.05) is 23.7 Å². The summed E-state index contributed by atoms with van der Waals surface area (Å²) in [7, 11) is 1.64. The fourth-order valence-corrected chi connectivity index (χ4v) is 2.73. The summed E-state index contributed by atoms with van der Waals surface area (Å²) in [6.07, 6.45) is 0.359. The Morgan fingerprint density at radius 2 is 1.95 bits per heavy atom. The van der Waals surface area contributed by atoms with Crippen LogP contribution in [0.25, 0.3) is 0 Å². The molecular weight excluding hydrogens is 289 g/mol. The van der Waals surface area contributed by atoms with Crippen molar-refractivity contribution in [3.8, 4) is 5.75 Å². The second-order valence-electron chi connectivity index (χ2n) is 5.19. The van der Waals surface area contributed by atoms with E-state index in [1.54, 1.807) is 19.2 Å². The number of hydrogen-bond acceptors (Lipinski definition) is 2. The van der Waals surface area contributed by atoms with Gasteiger partial charge in [-0.05, 0) is 55.2 Å². The van der Waals surface area contributed by atoms with E-state index in [1.807, 2.05) is 26.0 Å². The Balaban J connectivity index is 2.33. The van der Waals surface area contributed by atoms with Crippen LogP contribution in [-0.4, -0.2) is 7.11 Å². The summed E-state index contributed by atoms with van der Waals surface area (Å²) in [5.41, 5.74) is 9.73. The maximum atomic E-state index is 13.9. The van der Waals surface area contributed by atoms with E-state index in [-0.39, 0.29) is 11.9 Å². The highest BCUT2D eigenvalue weighted by Crippen LogP contribution is 2.29. The normalized spacial score (nSPS) is 12.3. The first-order chi connectivity index (χ1) is 9.93. The van der Waals surface area contributed by atoms with Crippen molar-refractivity contribution in [1.29, 1.82) is 0 Å². The van der Waals surface area contributed by atoms with Gasteiger partial charge in [0.15, 0.2) is 0 Å². The van der Waals surface area contributed by atoms with Gasteiger partial charge in [0, 0.05) is 16.6 Å². The average Bonchev–Trinajstić information content (AvgIpc) is 2.44. The van der Waals surface area contributed by atoms with Gasteiger partial charge in [0.2, 0.25) is 0 Å². The minimum absolute atomic E-state index is 0.316. The van der Waals surface area contributed by atoms with Crippen molar-refractivity contribution in [1.82, 2.24) is 0 Å². The Morgan fingerprint density at radius 1 is 1.24 bits per heavy atom. The molecule has 2 nitrogen and oxygen atoms in total. The van der Waals surface area contributed by atoms with E-state index in [4.69, 9.17) is 22.1 Å². The van der Waals surface area contributed by atoms with E-state index in [1.165, 1.54) is 6.07 Å². The second-order valence-corrected chi connectivity index (χ2v) is 5.60. The van der Waals surface area contributed by atoms with Gasteiger partial charge in [-0.15, -0.1) is 0 Å². The lowest BCUT2D eigenvalue weighted by atomic mass is 9.94. The molecule has 0 fully saturated rings. The fraction of sp³-hybridized carbons (Fsp3) is 0.294. The van der Waals surface area contributed by atoms with Crippen LogP contribution in [0.2, 0.25) is 5.02 Å². The molecule has 0 radical (unpaired) electrons. The smallest absolute Gasteiger partial charge is 0.127 e. The van der Waals surface area contributed by atoms with Gasteiger partial charge in [0.1, 0.15) is 11.6 Å². The summed E-state index contributed by atoms with van der Waals surface area (Å²) in [6, 6.07) is 8.30. The Kier molecular flexibility index (Phi) is 4.86. The Bertz CT molecular complexity index is 637. The number of halogens is 2. The second kappa shape index (κ2) is 6.46. The van der Waals surface area contributed by atoms with E-state index >= 15 is 0 Å². The predicted octanol–water partition coefficient (Wildman–Crippen LogP) is 4.35. The van der Waals surface area contributed by atoms with Gasteiger partial charge in [0.25, 0.3) is 0 Å². The van der Waals surface area contributed by atoms with Gasteiger partial charge in [-0.25, -0.2) is 4.39 Å². The minimum atomic E-state index is -0.319. The summed E-state index contributed by atoms with van der Waals surface area (Å²) < 4.78 is 19.2. The lowest BCUT2D eigenvalue weighted by Crippen LogP contribution is -2.16. The molecule has 0 spiro atoms. The molecule has 2 aromatic rings. The first-order valence-electron chi connectivity index (χ1n) is 6.77. The molecule has 2 N–H and O–H groups in total. The molecule has 2 rings (SSSR count). The zero-order valence-electron chi connectivity index (χ0n) is 12.4. The number of methoxy groups -OCH3 is 1. The van der Waals surface area contributed by atoms with E-state index in [2.05, 4.69) is 0 Å². The summed E-state index contributed by atoms with van der Waals surface area (Å²) in [4.78, 5) is 0. The van der Waals surface area contributed by atoms with E-state index < -0.39 is 0 Å². The Morgan fingerprint density at radius 3 is 2.57 bits per heavy atom. The molecule has 0 heterocycles. The molecule has 0 aliphatic rings. The van der Waals surface area contributed by atoms with Gasteiger partial charge < -0.3 is 10.5 Å². The highest BCUT2D eigenvalue weighted by molar-refractivity contribution is 6.31. The molecule has 1 unspecified atom stereocenters. The fourth-order valence-electron chi connectivity index (χ4n) is 2.49. The molecule has 0 bridgehead atoms. The van der Waals surface area contributed by atoms with Gasteiger partial charge >= 0.3 is 0 Å². The van der Waals surface area contributed by atoms with Gasteiger partial charge in [0.05, 0.1) is 7.11 Å². The van der Waals surface area contributed by atoms with Crippen LogP contribution in [0.15, 0.2) is 30.3 Å². The van der Waals surface area contributed by atoms with Crippen LogP contribution < -0.4 is 10.5 Å². The van der Waals surface area contributed by atoms with Crippen molar-refractivity contribution < 1.29 is 9.13 Å². The molecule has 0 amide bonds. The highest BCUT2D eigenvalue weighted by atomic mass is 35.5. The predicted molar refractivity (Wildman–Crippen MR) is 84.5 cm³/mol. The monoisotopic (exact) mass is 307 g/mol. The number of aryl methyl sites for hydroxylation is 2. The zero-order chi connectivity index (χ0) is 15.6. The number of rotatable bonds is 4. The van der Waals surface area contributed by atoms with E-state index in [9.17, 15) is 4.39 Å². The SMILES string of the molecule is COc1cc(C)c(C(N)Cc2c(F)cccc2Cl)cc1C. The largest absolute Gasteiger partial charge is 0.496 e. The minimum Gasteiger partial charge on any atom is -0.496 e. The van der Waals surface area contributed by atoms with Crippen LogP contribution in [0.3, 0.4) is 0 Å². The lowest BCUT2D eigenvalue weighted by molar-refractivity contribution is 0.411. The van der Waals surface area contributed by atoms with Crippen molar-refractivity contribution in [3.63, 3.8) is 0 Å². The van der Waals surface area contributed by atoms with Crippen LogP contribution in [0.1, 0.15) is 28.3 Å². The lowest BCUT2D eigenvalue weighted by Gasteiger charge is -2.18. The molecule has 1 atom stereocenters. The van der Waals surface area contributed by atoms with Crippen LogP contribution in [0.4, 0.5) is 4.39 Å². The van der Waals surface area contributed by atoms with Crippen LogP contribution in [-0.2, 0) is 6.42 Å².